The van der Waals surface area contributed by atoms with Gasteiger partial charge in [-0.1, -0.05) is 19.1 Å². The van der Waals surface area contributed by atoms with Crippen LogP contribution in [0.1, 0.15) is 13.3 Å². The topological polar surface area (TPSA) is 64.5 Å². The molecule has 0 bridgehead atoms. The zero-order valence-corrected chi connectivity index (χ0v) is 10.6. The molecule has 0 radical (unpaired) electrons. The molecule has 2 atom stereocenters. The number of nitrogens with zero attached hydrogens (tertiary/aromatic N) is 1. The van der Waals surface area contributed by atoms with Crippen molar-refractivity contribution in [3.63, 3.8) is 0 Å². The summed E-state index contributed by atoms with van der Waals surface area (Å²) in [6.07, 6.45) is 6.77. The third-order valence-corrected chi connectivity index (χ3v) is 3.78. The van der Waals surface area contributed by atoms with Crippen molar-refractivity contribution in [2.45, 2.75) is 18.9 Å². The molecule has 0 aromatic heterocycles. The summed E-state index contributed by atoms with van der Waals surface area (Å²) < 4.78 is 5.35. The van der Waals surface area contributed by atoms with Crippen LogP contribution in [-0.4, -0.2) is 43.3 Å². The largest absolute Gasteiger partial charge is 0.402 e. The summed E-state index contributed by atoms with van der Waals surface area (Å²) in [5.74, 6) is 0.393. The Morgan fingerprint density at radius 2 is 2.18 bits per heavy atom. The van der Waals surface area contributed by atoms with Crippen LogP contribution in [0.15, 0.2) is 23.9 Å². The maximum absolute atomic E-state index is 6.44. The minimum absolute atomic E-state index is 0.295. The van der Waals surface area contributed by atoms with Crippen LogP contribution < -0.4 is 11.5 Å². The Balaban J connectivity index is 1.92. The lowest BCUT2D eigenvalue weighted by molar-refractivity contribution is 0.0275. The first kappa shape index (κ1) is 12.6. The molecule has 0 aromatic carbocycles. The van der Waals surface area contributed by atoms with Gasteiger partial charge in [-0.15, -0.1) is 0 Å². The van der Waals surface area contributed by atoms with Crippen LogP contribution in [0.2, 0.25) is 0 Å². The fraction of sp³-hybridized carbons (Fsp3) is 0.692. The van der Waals surface area contributed by atoms with Crippen molar-refractivity contribution in [2.24, 2.45) is 17.4 Å². The van der Waals surface area contributed by atoms with Crippen molar-refractivity contribution in [1.29, 1.82) is 0 Å². The normalized spacial score (nSPS) is 32.2. The number of hydrogen-bond acceptors (Lipinski definition) is 4. The maximum Gasteiger partial charge on any atom is 0.0594 e. The molecule has 0 amide bonds. The Morgan fingerprint density at radius 1 is 1.47 bits per heavy atom. The molecule has 2 aliphatic rings. The number of ether oxygens (including phenoxy) is 1. The van der Waals surface area contributed by atoms with E-state index in [1.54, 1.807) is 0 Å². The van der Waals surface area contributed by atoms with Gasteiger partial charge in [-0.25, -0.2) is 0 Å². The number of nitrogens with two attached hydrogens (primary N) is 2. The van der Waals surface area contributed by atoms with Crippen molar-refractivity contribution >= 4 is 0 Å². The molecule has 17 heavy (non-hydrogen) atoms. The minimum atomic E-state index is -0.295. The maximum atomic E-state index is 6.44. The molecular weight excluding hydrogens is 214 g/mol. The molecule has 0 spiro atoms. The molecule has 0 saturated carbocycles. The third kappa shape index (κ3) is 3.09. The average molecular weight is 237 g/mol. The lowest BCUT2D eigenvalue weighted by atomic mass is 9.79. The molecule has 1 heterocycles. The van der Waals surface area contributed by atoms with E-state index in [9.17, 15) is 0 Å². The third-order valence-electron chi connectivity index (χ3n) is 3.78. The van der Waals surface area contributed by atoms with Gasteiger partial charge in [0.05, 0.1) is 13.2 Å². The summed E-state index contributed by atoms with van der Waals surface area (Å²) in [7, 11) is 0. The van der Waals surface area contributed by atoms with E-state index in [-0.39, 0.29) is 5.54 Å². The van der Waals surface area contributed by atoms with Gasteiger partial charge in [-0.3, -0.25) is 4.90 Å². The predicted octanol–water partition coefficient (Wildman–Crippen LogP) is 0.455. The Kier molecular flexibility index (Phi) is 3.86. The number of allylic oxidation sites excluding steroid dienone is 2. The quantitative estimate of drug-likeness (QED) is 0.748. The Hall–Kier alpha value is -0.840. The highest BCUT2D eigenvalue weighted by Gasteiger charge is 2.32. The zero-order valence-electron chi connectivity index (χ0n) is 10.6. The first-order valence-corrected chi connectivity index (χ1v) is 6.33. The molecular formula is C13H23N3O. The van der Waals surface area contributed by atoms with Crippen LogP contribution in [0.4, 0.5) is 0 Å². The van der Waals surface area contributed by atoms with Gasteiger partial charge in [0.25, 0.3) is 0 Å². The SMILES string of the molecule is CC(CN1CCOCC1)C1(N)C=CC=C(N)C1. The van der Waals surface area contributed by atoms with Gasteiger partial charge in [0.2, 0.25) is 0 Å². The van der Waals surface area contributed by atoms with E-state index in [4.69, 9.17) is 16.2 Å². The fourth-order valence-electron chi connectivity index (χ4n) is 2.50. The highest BCUT2D eigenvalue weighted by molar-refractivity contribution is 5.26. The van der Waals surface area contributed by atoms with Crippen molar-refractivity contribution in [3.05, 3.63) is 23.9 Å². The lowest BCUT2D eigenvalue weighted by Gasteiger charge is -2.38. The smallest absolute Gasteiger partial charge is 0.0594 e. The van der Waals surface area contributed by atoms with Crippen molar-refractivity contribution in [2.75, 3.05) is 32.8 Å². The van der Waals surface area contributed by atoms with Gasteiger partial charge >= 0.3 is 0 Å². The second-order valence-corrected chi connectivity index (χ2v) is 5.20. The van der Waals surface area contributed by atoms with Gasteiger partial charge in [-0.2, -0.15) is 0 Å². The Morgan fingerprint density at radius 3 is 2.82 bits per heavy atom. The number of hydrogen-bond donors (Lipinski definition) is 2. The van der Waals surface area contributed by atoms with Gasteiger partial charge in [0.15, 0.2) is 0 Å². The molecule has 2 rings (SSSR count). The van der Waals surface area contributed by atoms with Crippen LogP contribution in [0.3, 0.4) is 0 Å². The molecule has 1 aliphatic carbocycles. The van der Waals surface area contributed by atoms with E-state index < -0.39 is 0 Å². The Bertz CT molecular complexity index is 321. The second kappa shape index (κ2) is 5.21. The van der Waals surface area contributed by atoms with E-state index in [1.165, 1.54) is 0 Å². The molecule has 1 aliphatic heterocycles. The monoisotopic (exact) mass is 237 g/mol. The van der Waals surface area contributed by atoms with Gasteiger partial charge in [-0.05, 0) is 12.0 Å². The highest BCUT2D eigenvalue weighted by atomic mass is 16.5. The van der Waals surface area contributed by atoms with E-state index in [1.807, 2.05) is 12.2 Å². The van der Waals surface area contributed by atoms with E-state index in [0.717, 1.165) is 45.0 Å². The van der Waals surface area contributed by atoms with E-state index in [0.29, 0.717) is 5.92 Å². The van der Waals surface area contributed by atoms with E-state index >= 15 is 0 Å². The molecule has 0 aromatic rings. The zero-order chi connectivity index (χ0) is 12.3. The first-order valence-electron chi connectivity index (χ1n) is 6.33. The van der Waals surface area contributed by atoms with Gasteiger partial charge in [0.1, 0.15) is 0 Å². The summed E-state index contributed by atoms with van der Waals surface area (Å²) in [4.78, 5) is 2.42. The lowest BCUT2D eigenvalue weighted by Crippen LogP contribution is -2.51. The van der Waals surface area contributed by atoms with Gasteiger partial charge in [0, 0.05) is 37.3 Å². The predicted molar refractivity (Wildman–Crippen MR) is 69.4 cm³/mol. The standard InChI is InChI=1S/C13H23N3O/c1-11(10-16-5-7-17-8-6-16)13(15)4-2-3-12(14)9-13/h2-4,11H,5-10,14-15H2,1H3. The molecule has 2 unspecified atom stereocenters. The Labute approximate surface area is 103 Å². The van der Waals surface area contributed by atoms with Crippen LogP contribution >= 0.6 is 0 Å². The molecule has 1 fully saturated rings. The van der Waals surface area contributed by atoms with Crippen LogP contribution in [0, 0.1) is 5.92 Å². The highest BCUT2D eigenvalue weighted by Crippen LogP contribution is 2.26. The van der Waals surface area contributed by atoms with Crippen LogP contribution in [0.5, 0.6) is 0 Å². The summed E-state index contributed by atoms with van der Waals surface area (Å²) in [6.45, 7) is 6.91. The van der Waals surface area contributed by atoms with Crippen molar-refractivity contribution in [1.82, 2.24) is 4.90 Å². The summed E-state index contributed by atoms with van der Waals surface area (Å²) >= 11 is 0. The second-order valence-electron chi connectivity index (χ2n) is 5.20. The molecule has 4 nitrogen and oxygen atoms in total. The summed E-state index contributed by atoms with van der Waals surface area (Å²) in [6, 6.07) is 0. The summed E-state index contributed by atoms with van der Waals surface area (Å²) in [5, 5.41) is 0. The molecule has 4 N–H and O–H groups in total. The number of morpholine rings is 1. The van der Waals surface area contributed by atoms with Crippen LogP contribution in [0.25, 0.3) is 0 Å². The van der Waals surface area contributed by atoms with Crippen molar-refractivity contribution < 1.29 is 4.74 Å². The summed E-state index contributed by atoms with van der Waals surface area (Å²) in [5.41, 5.74) is 12.9. The molecule has 1 saturated heterocycles. The van der Waals surface area contributed by atoms with Gasteiger partial charge < -0.3 is 16.2 Å². The molecule has 96 valence electrons. The number of rotatable bonds is 3. The first-order chi connectivity index (χ1) is 8.10. The molecule has 4 heteroatoms. The van der Waals surface area contributed by atoms with E-state index in [2.05, 4.69) is 17.9 Å². The fourth-order valence-corrected chi connectivity index (χ4v) is 2.50. The minimum Gasteiger partial charge on any atom is -0.402 e. The van der Waals surface area contributed by atoms with Crippen LogP contribution in [-0.2, 0) is 4.74 Å². The van der Waals surface area contributed by atoms with Crippen molar-refractivity contribution in [3.8, 4) is 0 Å². The average Bonchev–Trinajstić information content (AvgIpc) is 2.30.